The molecule has 0 aromatic heterocycles. The zero-order valence-corrected chi connectivity index (χ0v) is 8.06. The van der Waals surface area contributed by atoms with E-state index in [2.05, 4.69) is 4.74 Å². The van der Waals surface area contributed by atoms with Crippen LogP contribution in [0.5, 0.6) is 0 Å². The smallest absolute Gasteiger partial charge is 0.317 e. The third kappa shape index (κ3) is 7.68. The Labute approximate surface area is 74.6 Å². The Kier molecular flexibility index (Phi) is 5.92. The molecular weight excluding hydrogens is 180 g/mol. The van der Waals surface area contributed by atoms with Crippen molar-refractivity contribution in [2.45, 2.75) is 20.3 Å². The fourth-order valence-corrected chi connectivity index (χ4v) is 0.822. The summed E-state index contributed by atoms with van der Waals surface area (Å²) in [5, 5.41) is 0. The van der Waals surface area contributed by atoms with Crippen LogP contribution in [-0.4, -0.2) is 27.1 Å². The molecule has 12 heavy (non-hydrogen) atoms. The number of ether oxygens (including phenoxy) is 1. The lowest BCUT2D eigenvalue weighted by Gasteiger charge is -2.07. The summed E-state index contributed by atoms with van der Waals surface area (Å²) in [7, 11) is 0. The molecule has 0 aromatic carbocycles. The second-order valence-corrected chi connectivity index (χ2v) is 3.75. The van der Waals surface area contributed by atoms with Gasteiger partial charge in [-0.2, -0.15) is 0 Å². The van der Waals surface area contributed by atoms with Gasteiger partial charge < -0.3 is 9.29 Å². The van der Waals surface area contributed by atoms with E-state index >= 15 is 0 Å². The third-order valence-electron chi connectivity index (χ3n) is 1.19. The number of esters is 1. The minimum atomic E-state index is -2.33. The SMILES string of the molecule is CC(C)CCOC(=O)CS(=O)[O-]. The lowest BCUT2D eigenvalue weighted by Crippen LogP contribution is -2.15. The molecule has 0 N–H and O–H groups in total. The molecule has 0 heterocycles. The van der Waals surface area contributed by atoms with Gasteiger partial charge in [0.2, 0.25) is 0 Å². The molecular formula is C7H13O4S-. The Morgan fingerprint density at radius 1 is 1.58 bits per heavy atom. The monoisotopic (exact) mass is 193 g/mol. The van der Waals surface area contributed by atoms with Crippen molar-refractivity contribution in [1.29, 1.82) is 0 Å². The van der Waals surface area contributed by atoms with Crippen LogP contribution in [0.15, 0.2) is 0 Å². The molecule has 0 rings (SSSR count). The maximum absolute atomic E-state index is 10.6. The van der Waals surface area contributed by atoms with Crippen LogP contribution in [0.4, 0.5) is 0 Å². The highest BCUT2D eigenvalue weighted by Gasteiger charge is 2.02. The summed E-state index contributed by atoms with van der Waals surface area (Å²) in [5.41, 5.74) is 0. The zero-order chi connectivity index (χ0) is 9.56. The fraction of sp³-hybridized carbons (Fsp3) is 0.857. The number of rotatable bonds is 5. The van der Waals surface area contributed by atoms with Crippen LogP contribution in [0.25, 0.3) is 0 Å². The maximum atomic E-state index is 10.6. The van der Waals surface area contributed by atoms with E-state index in [9.17, 15) is 13.6 Å². The molecule has 72 valence electrons. The van der Waals surface area contributed by atoms with Crippen molar-refractivity contribution < 1.29 is 18.3 Å². The van der Waals surface area contributed by atoms with Crippen molar-refractivity contribution in [2.24, 2.45) is 5.92 Å². The molecule has 0 aliphatic heterocycles. The van der Waals surface area contributed by atoms with Gasteiger partial charge >= 0.3 is 5.97 Å². The van der Waals surface area contributed by atoms with Gasteiger partial charge in [-0.15, -0.1) is 0 Å². The molecule has 0 spiro atoms. The van der Waals surface area contributed by atoms with Crippen molar-refractivity contribution in [3.63, 3.8) is 0 Å². The van der Waals surface area contributed by atoms with E-state index in [1.54, 1.807) is 0 Å². The first-order valence-corrected chi connectivity index (χ1v) is 4.98. The standard InChI is InChI=1S/C7H14O4S/c1-6(2)3-4-11-7(8)5-12(9)10/h6H,3-5H2,1-2H3,(H,9,10)/p-1. The number of carbonyl (C=O) groups excluding carboxylic acids is 1. The van der Waals surface area contributed by atoms with E-state index in [4.69, 9.17) is 0 Å². The van der Waals surface area contributed by atoms with Crippen LogP contribution in [0, 0.1) is 5.92 Å². The summed E-state index contributed by atoms with van der Waals surface area (Å²) in [6, 6.07) is 0. The summed E-state index contributed by atoms with van der Waals surface area (Å²) >= 11 is -2.33. The van der Waals surface area contributed by atoms with Crippen molar-refractivity contribution in [3.05, 3.63) is 0 Å². The van der Waals surface area contributed by atoms with E-state index in [1.807, 2.05) is 13.8 Å². The van der Waals surface area contributed by atoms with Crippen LogP contribution in [0.2, 0.25) is 0 Å². The summed E-state index contributed by atoms with van der Waals surface area (Å²) in [4.78, 5) is 10.6. The second-order valence-electron chi connectivity index (χ2n) is 2.85. The average Bonchev–Trinajstić information content (AvgIpc) is 1.84. The highest BCUT2D eigenvalue weighted by Crippen LogP contribution is 1.98. The topological polar surface area (TPSA) is 66.4 Å². The first-order valence-electron chi connectivity index (χ1n) is 3.74. The predicted molar refractivity (Wildman–Crippen MR) is 44.2 cm³/mol. The van der Waals surface area contributed by atoms with Crippen LogP contribution in [0.3, 0.4) is 0 Å². The molecule has 0 amide bonds. The lowest BCUT2D eigenvalue weighted by molar-refractivity contribution is -0.140. The predicted octanol–water partition coefficient (Wildman–Crippen LogP) is 0.455. The molecule has 0 bridgehead atoms. The number of carbonyl (C=O) groups is 1. The Morgan fingerprint density at radius 2 is 2.17 bits per heavy atom. The van der Waals surface area contributed by atoms with Crippen LogP contribution < -0.4 is 0 Å². The van der Waals surface area contributed by atoms with Gasteiger partial charge in [0, 0.05) is 0 Å². The quantitative estimate of drug-likeness (QED) is 0.470. The first kappa shape index (κ1) is 11.6. The minimum absolute atomic E-state index is 0.299. The molecule has 4 nitrogen and oxygen atoms in total. The van der Waals surface area contributed by atoms with Gasteiger partial charge in [-0.1, -0.05) is 13.8 Å². The first-order chi connectivity index (χ1) is 5.52. The second kappa shape index (κ2) is 6.14. The van der Waals surface area contributed by atoms with Crippen molar-refractivity contribution in [2.75, 3.05) is 12.4 Å². The molecule has 0 aliphatic rings. The maximum Gasteiger partial charge on any atom is 0.317 e. The van der Waals surface area contributed by atoms with Crippen molar-refractivity contribution in [1.82, 2.24) is 0 Å². The summed E-state index contributed by atoms with van der Waals surface area (Å²) < 4.78 is 24.6. The molecule has 0 saturated carbocycles. The molecule has 0 aromatic rings. The van der Waals surface area contributed by atoms with Gasteiger partial charge in [0.25, 0.3) is 0 Å². The molecule has 0 aliphatic carbocycles. The molecule has 0 saturated heterocycles. The fourth-order valence-electron chi connectivity index (χ4n) is 0.546. The highest BCUT2D eigenvalue weighted by molar-refractivity contribution is 7.79. The van der Waals surface area contributed by atoms with Crippen molar-refractivity contribution in [3.8, 4) is 0 Å². The third-order valence-corrected chi connectivity index (χ3v) is 1.67. The van der Waals surface area contributed by atoms with Gasteiger partial charge in [-0.05, 0) is 23.4 Å². The van der Waals surface area contributed by atoms with Gasteiger partial charge in [-0.3, -0.25) is 9.00 Å². The Balaban J connectivity index is 3.38. The van der Waals surface area contributed by atoms with Gasteiger partial charge in [0.1, 0.15) is 5.75 Å². The highest BCUT2D eigenvalue weighted by atomic mass is 32.2. The van der Waals surface area contributed by atoms with E-state index < -0.39 is 22.8 Å². The molecule has 0 fully saturated rings. The van der Waals surface area contributed by atoms with E-state index in [1.165, 1.54) is 0 Å². The van der Waals surface area contributed by atoms with E-state index in [0.717, 1.165) is 6.42 Å². The Bertz CT molecular complexity index is 167. The number of hydrogen-bond donors (Lipinski definition) is 0. The average molecular weight is 193 g/mol. The normalized spacial score (nSPS) is 13.0. The summed E-state index contributed by atoms with van der Waals surface area (Å²) in [6.07, 6.45) is 0.761. The van der Waals surface area contributed by atoms with Gasteiger partial charge in [-0.25, -0.2) is 0 Å². The van der Waals surface area contributed by atoms with Gasteiger partial charge in [0.05, 0.1) is 6.61 Å². The molecule has 0 radical (unpaired) electrons. The molecule has 5 heteroatoms. The summed E-state index contributed by atoms with van der Waals surface area (Å²) in [5.74, 6) is -0.766. The van der Waals surface area contributed by atoms with Crippen LogP contribution >= 0.6 is 0 Å². The molecule has 1 unspecified atom stereocenters. The van der Waals surface area contributed by atoms with E-state index in [0.29, 0.717) is 12.5 Å². The van der Waals surface area contributed by atoms with E-state index in [-0.39, 0.29) is 0 Å². The Morgan fingerprint density at radius 3 is 2.58 bits per heavy atom. The lowest BCUT2D eigenvalue weighted by atomic mass is 10.1. The van der Waals surface area contributed by atoms with Crippen LogP contribution in [0.1, 0.15) is 20.3 Å². The molecule has 1 atom stereocenters. The van der Waals surface area contributed by atoms with Crippen molar-refractivity contribution >= 4 is 17.0 Å². The van der Waals surface area contributed by atoms with Gasteiger partial charge in [0.15, 0.2) is 0 Å². The Hall–Kier alpha value is -0.420. The van der Waals surface area contributed by atoms with Crippen LogP contribution in [-0.2, 0) is 20.6 Å². The minimum Gasteiger partial charge on any atom is -0.772 e. The summed E-state index contributed by atoms with van der Waals surface area (Å²) in [6.45, 7) is 4.30. The largest absolute Gasteiger partial charge is 0.772 e. The zero-order valence-electron chi connectivity index (χ0n) is 7.24. The number of hydrogen-bond acceptors (Lipinski definition) is 4.